The van der Waals surface area contributed by atoms with Gasteiger partial charge in [0.25, 0.3) is 5.56 Å². The van der Waals surface area contributed by atoms with Crippen molar-refractivity contribution in [2.24, 2.45) is 4.99 Å². The summed E-state index contributed by atoms with van der Waals surface area (Å²) in [6, 6.07) is 9.36. The highest BCUT2D eigenvalue weighted by Gasteiger charge is 2.33. The predicted octanol–water partition coefficient (Wildman–Crippen LogP) is 2.61. The minimum Gasteiger partial charge on any atom is -0.466 e. The molecule has 5 nitrogen and oxygen atoms in total. The normalized spacial score (nSPS) is 16.7. The number of allylic oxidation sites excluding steroid dienone is 1. The van der Waals surface area contributed by atoms with Gasteiger partial charge in [-0.15, -0.1) is 11.3 Å². The molecule has 0 bridgehead atoms. The third-order valence-electron chi connectivity index (χ3n) is 4.43. The van der Waals surface area contributed by atoms with Crippen LogP contribution in [0.15, 0.2) is 62.8 Å². The van der Waals surface area contributed by atoms with E-state index in [-0.39, 0.29) is 5.56 Å². The average molecular weight is 414 g/mol. The SMILES string of the molecule is COC(=O)C1=C(C)N=c2sc(=Cc3ccccc3F)c(=O)n2C1c1cccs1. The fourth-order valence-corrected chi connectivity index (χ4v) is 5.00. The number of thiophene rings is 1. The fourth-order valence-electron chi connectivity index (χ4n) is 3.14. The van der Waals surface area contributed by atoms with Crippen molar-refractivity contribution in [3.8, 4) is 0 Å². The van der Waals surface area contributed by atoms with Crippen molar-refractivity contribution < 1.29 is 13.9 Å². The Morgan fingerprint density at radius 3 is 2.75 bits per heavy atom. The van der Waals surface area contributed by atoms with Crippen molar-refractivity contribution in [1.82, 2.24) is 4.57 Å². The molecule has 1 aromatic carbocycles. The second-order valence-electron chi connectivity index (χ2n) is 6.11. The largest absolute Gasteiger partial charge is 0.466 e. The molecule has 0 radical (unpaired) electrons. The van der Waals surface area contributed by atoms with Crippen molar-refractivity contribution in [1.29, 1.82) is 0 Å². The van der Waals surface area contributed by atoms with Crippen LogP contribution in [0.3, 0.4) is 0 Å². The van der Waals surface area contributed by atoms with Gasteiger partial charge in [0, 0.05) is 10.4 Å². The predicted molar refractivity (Wildman–Crippen MR) is 107 cm³/mol. The Labute approximate surface area is 167 Å². The van der Waals surface area contributed by atoms with Gasteiger partial charge in [-0.3, -0.25) is 9.36 Å². The maximum Gasteiger partial charge on any atom is 0.338 e. The average Bonchev–Trinajstić information content (AvgIpc) is 3.31. The van der Waals surface area contributed by atoms with Gasteiger partial charge in [-0.05, 0) is 30.5 Å². The van der Waals surface area contributed by atoms with Gasteiger partial charge >= 0.3 is 5.97 Å². The molecule has 1 atom stereocenters. The van der Waals surface area contributed by atoms with Crippen molar-refractivity contribution >= 4 is 34.7 Å². The van der Waals surface area contributed by atoms with Gasteiger partial charge in [-0.2, -0.15) is 0 Å². The van der Waals surface area contributed by atoms with E-state index in [9.17, 15) is 14.0 Å². The molecule has 0 saturated carbocycles. The Morgan fingerprint density at radius 2 is 2.07 bits per heavy atom. The van der Waals surface area contributed by atoms with Crippen molar-refractivity contribution in [3.05, 3.63) is 89.0 Å². The van der Waals surface area contributed by atoms with Gasteiger partial charge in [-0.25, -0.2) is 14.2 Å². The molecule has 0 N–H and O–H groups in total. The first kappa shape index (κ1) is 18.5. The zero-order valence-corrected chi connectivity index (χ0v) is 16.6. The van der Waals surface area contributed by atoms with Crippen molar-refractivity contribution in [2.75, 3.05) is 7.11 Å². The fraction of sp³-hybridized carbons (Fsp3) is 0.150. The van der Waals surface area contributed by atoms with E-state index >= 15 is 0 Å². The zero-order valence-electron chi connectivity index (χ0n) is 15.0. The van der Waals surface area contributed by atoms with Gasteiger partial charge in [0.15, 0.2) is 4.80 Å². The van der Waals surface area contributed by atoms with E-state index in [0.29, 0.717) is 26.2 Å². The number of carbonyl (C=O) groups is 1. The summed E-state index contributed by atoms with van der Waals surface area (Å²) in [6.45, 7) is 1.72. The van der Waals surface area contributed by atoms with Crippen molar-refractivity contribution in [3.63, 3.8) is 0 Å². The second-order valence-corrected chi connectivity index (χ2v) is 8.10. The second kappa shape index (κ2) is 7.29. The number of nitrogens with zero attached hydrogens (tertiary/aromatic N) is 2. The lowest BCUT2D eigenvalue weighted by Gasteiger charge is -2.22. The standard InChI is InChI=1S/C20H15FN2O3S2/c1-11-16(19(25)26-2)17(14-8-5-9-27-14)23-18(24)15(28-20(23)22-11)10-12-6-3-4-7-13(12)21/h3-10,17H,1-2H3. The first-order valence-electron chi connectivity index (χ1n) is 8.40. The highest BCUT2D eigenvalue weighted by molar-refractivity contribution is 7.10. The Morgan fingerprint density at radius 1 is 1.29 bits per heavy atom. The molecule has 8 heteroatoms. The first-order valence-corrected chi connectivity index (χ1v) is 10.1. The topological polar surface area (TPSA) is 60.7 Å². The molecule has 1 aliphatic heterocycles. The highest BCUT2D eigenvalue weighted by Crippen LogP contribution is 2.32. The van der Waals surface area contributed by atoms with Gasteiger partial charge in [-0.1, -0.05) is 35.6 Å². The van der Waals surface area contributed by atoms with Crippen molar-refractivity contribution in [2.45, 2.75) is 13.0 Å². The van der Waals surface area contributed by atoms with Gasteiger partial charge in [0.2, 0.25) is 0 Å². The molecular formula is C20H15FN2O3S2. The molecule has 3 aromatic rings. The number of ether oxygens (including phenoxy) is 1. The molecule has 1 unspecified atom stereocenters. The monoisotopic (exact) mass is 414 g/mol. The van der Waals surface area contributed by atoms with Crippen LogP contribution in [-0.4, -0.2) is 17.6 Å². The molecule has 0 amide bonds. The first-order chi connectivity index (χ1) is 13.5. The summed E-state index contributed by atoms with van der Waals surface area (Å²) in [5, 5.41) is 1.88. The number of hydrogen-bond donors (Lipinski definition) is 0. The molecule has 0 spiro atoms. The third-order valence-corrected chi connectivity index (χ3v) is 6.34. The number of methoxy groups -OCH3 is 1. The number of aromatic nitrogens is 1. The number of esters is 1. The lowest BCUT2D eigenvalue weighted by molar-refractivity contribution is -0.136. The lowest BCUT2D eigenvalue weighted by Crippen LogP contribution is -2.39. The quantitative estimate of drug-likeness (QED) is 0.619. The Kier molecular flexibility index (Phi) is 4.82. The maximum atomic E-state index is 14.0. The molecule has 0 fully saturated rings. The van der Waals surface area contributed by atoms with Gasteiger partial charge < -0.3 is 4.74 Å². The summed E-state index contributed by atoms with van der Waals surface area (Å²) in [7, 11) is 1.30. The van der Waals surface area contributed by atoms with E-state index in [1.54, 1.807) is 25.1 Å². The van der Waals surface area contributed by atoms with Crippen LogP contribution in [0.5, 0.6) is 0 Å². The molecule has 1 aliphatic rings. The molecular weight excluding hydrogens is 399 g/mol. The maximum absolute atomic E-state index is 14.0. The smallest absolute Gasteiger partial charge is 0.338 e. The van der Waals surface area contributed by atoms with Crippen LogP contribution in [0.1, 0.15) is 23.4 Å². The van der Waals surface area contributed by atoms with Crippen LogP contribution < -0.4 is 14.9 Å². The number of hydrogen-bond acceptors (Lipinski definition) is 6. The number of rotatable bonds is 3. The highest BCUT2D eigenvalue weighted by atomic mass is 32.1. The summed E-state index contributed by atoms with van der Waals surface area (Å²) < 4.78 is 20.8. The molecule has 4 rings (SSSR count). The Hall–Kier alpha value is -2.84. The molecule has 2 aromatic heterocycles. The number of fused-ring (bicyclic) bond motifs is 1. The number of halogens is 1. The molecule has 0 aliphatic carbocycles. The number of benzene rings is 1. The van der Waals surface area contributed by atoms with Crippen LogP contribution >= 0.6 is 22.7 Å². The van der Waals surface area contributed by atoms with Crippen LogP contribution in [0.25, 0.3) is 6.08 Å². The lowest BCUT2D eigenvalue weighted by atomic mass is 10.0. The summed E-state index contributed by atoms with van der Waals surface area (Å²) >= 11 is 2.61. The summed E-state index contributed by atoms with van der Waals surface area (Å²) in [5.74, 6) is -0.933. The molecule has 0 saturated heterocycles. The summed E-state index contributed by atoms with van der Waals surface area (Å²) in [6.07, 6.45) is 1.52. The van der Waals surface area contributed by atoms with Gasteiger partial charge in [0.05, 0.1) is 22.9 Å². The third kappa shape index (κ3) is 3.04. The van der Waals surface area contributed by atoms with Crippen LogP contribution in [-0.2, 0) is 9.53 Å². The van der Waals surface area contributed by atoms with E-state index in [1.165, 1.54) is 46.5 Å². The minimum atomic E-state index is -0.619. The Bertz CT molecular complexity index is 1270. The number of carbonyl (C=O) groups excluding carboxylic acids is 1. The van der Waals surface area contributed by atoms with E-state index in [4.69, 9.17) is 4.74 Å². The van der Waals surface area contributed by atoms with E-state index < -0.39 is 17.8 Å². The van der Waals surface area contributed by atoms with E-state index in [2.05, 4.69) is 4.99 Å². The minimum absolute atomic E-state index is 0.320. The van der Waals surface area contributed by atoms with Crippen LogP contribution in [0.2, 0.25) is 0 Å². The summed E-state index contributed by atoms with van der Waals surface area (Å²) in [5.41, 5.74) is 0.836. The molecule has 142 valence electrons. The van der Waals surface area contributed by atoms with E-state index in [0.717, 1.165) is 4.88 Å². The van der Waals surface area contributed by atoms with Gasteiger partial charge in [0.1, 0.15) is 11.9 Å². The van der Waals surface area contributed by atoms with Crippen LogP contribution in [0, 0.1) is 5.82 Å². The molecule has 28 heavy (non-hydrogen) atoms. The number of thiazole rings is 1. The van der Waals surface area contributed by atoms with Crippen LogP contribution in [0.4, 0.5) is 4.39 Å². The summed E-state index contributed by atoms with van der Waals surface area (Å²) in [4.78, 5) is 31.4. The zero-order chi connectivity index (χ0) is 19.8. The van der Waals surface area contributed by atoms with E-state index in [1.807, 2.05) is 17.5 Å². The Balaban J connectivity index is 1.99. The molecule has 3 heterocycles.